The van der Waals surface area contributed by atoms with Gasteiger partial charge in [-0.2, -0.15) is 0 Å². The Bertz CT molecular complexity index is 540. The van der Waals surface area contributed by atoms with Crippen molar-refractivity contribution >= 4 is 11.8 Å². The van der Waals surface area contributed by atoms with Crippen molar-refractivity contribution in [3.05, 3.63) is 64.7 Å². The maximum absolute atomic E-state index is 3.60. The fourth-order valence-electron chi connectivity index (χ4n) is 2.45. The van der Waals surface area contributed by atoms with E-state index in [-0.39, 0.29) is 0 Å². The molecule has 2 heteroatoms. The number of hydrogen-bond donors (Lipinski definition) is 1. The zero-order valence-electron chi connectivity index (χ0n) is 12.7. The Kier molecular flexibility index (Phi) is 5.27. The predicted molar refractivity (Wildman–Crippen MR) is 89.4 cm³/mol. The summed E-state index contributed by atoms with van der Waals surface area (Å²) in [4.78, 5) is 1.32. The molecular weight excluding hydrogens is 262 g/mol. The monoisotopic (exact) mass is 285 g/mol. The summed E-state index contributed by atoms with van der Waals surface area (Å²) in [5.41, 5.74) is 5.36. The van der Waals surface area contributed by atoms with E-state index in [9.17, 15) is 0 Å². The molecule has 0 spiro atoms. The normalized spacial score (nSPS) is 12.4. The van der Waals surface area contributed by atoms with Gasteiger partial charge in [-0.25, -0.2) is 0 Å². The fraction of sp³-hybridized carbons (Fsp3) is 0.333. The van der Waals surface area contributed by atoms with E-state index in [1.807, 2.05) is 0 Å². The van der Waals surface area contributed by atoms with E-state index in [0.29, 0.717) is 6.04 Å². The van der Waals surface area contributed by atoms with Crippen LogP contribution in [0.1, 0.15) is 35.2 Å². The first-order valence-corrected chi connectivity index (χ1v) is 8.25. The van der Waals surface area contributed by atoms with Gasteiger partial charge < -0.3 is 5.32 Å². The molecule has 0 amide bonds. The molecule has 0 aliphatic carbocycles. The van der Waals surface area contributed by atoms with Crippen LogP contribution < -0.4 is 5.32 Å². The maximum atomic E-state index is 3.60. The Morgan fingerprint density at radius 2 is 1.60 bits per heavy atom. The standard InChI is InChI=1S/C18H23NS/c1-13-9-14(2)11-16(10-13)12-19-15(3)17-5-7-18(20-4)8-6-17/h5-11,15,19H,12H2,1-4H3. The average Bonchev–Trinajstić information content (AvgIpc) is 2.44. The summed E-state index contributed by atoms with van der Waals surface area (Å²) < 4.78 is 0. The predicted octanol–water partition coefficient (Wildman–Crippen LogP) is 4.88. The molecule has 2 aromatic rings. The second-order valence-electron chi connectivity index (χ2n) is 5.37. The molecule has 0 heterocycles. The molecule has 1 nitrogen and oxygen atoms in total. The highest BCUT2D eigenvalue weighted by Crippen LogP contribution is 2.19. The summed E-state index contributed by atoms with van der Waals surface area (Å²) in [6, 6.07) is 15.9. The summed E-state index contributed by atoms with van der Waals surface area (Å²) in [5, 5.41) is 3.60. The average molecular weight is 285 g/mol. The van der Waals surface area contributed by atoms with Gasteiger partial charge in [0.25, 0.3) is 0 Å². The Hall–Kier alpha value is -1.25. The summed E-state index contributed by atoms with van der Waals surface area (Å²) in [6.45, 7) is 7.44. The third kappa shape index (κ3) is 4.12. The van der Waals surface area contributed by atoms with Crippen molar-refractivity contribution < 1.29 is 0 Å². The molecule has 0 aliphatic rings. The number of benzene rings is 2. The zero-order chi connectivity index (χ0) is 14.5. The topological polar surface area (TPSA) is 12.0 Å². The summed E-state index contributed by atoms with van der Waals surface area (Å²) in [6.07, 6.45) is 2.11. The van der Waals surface area contributed by atoms with Crippen molar-refractivity contribution in [3.63, 3.8) is 0 Å². The van der Waals surface area contributed by atoms with Crippen LogP contribution in [-0.4, -0.2) is 6.26 Å². The van der Waals surface area contributed by atoms with Crippen molar-refractivity contribution in [2.75, 3.05) is 6.26 Å². The van der Waals surface area contributed by atoms with Crippen LogP contribution in [0.4, 0.5) is 0 Å². The van der Waals surface area contributed by atoms with Gasteiger partial charge >= 0.3 is 0 Å². The van der Waals surface area contributed by atoms with Crippen LogP contribution >= 0.6 is 11.8 Å². The molecule has 0 radical (unpaired) electrons. The second kappa shape index (κ2) is 6.96. The number of thioether (sulfide) groups is 1. The van der Waals surface area contributed by atoms with Crippen LogP contribution in [0.5, 0.6) is 0 Å². The van der Waals surface area contributed by atoms with Gasteiger partial charge in [0.1, 0.15) is 0 Å². The number of rotatable bonds is 5. The molecule has 0 saturated heterocycles. The molecule has 0 fully saturated rings. The van der Waals surface area contributed by atoms with Crippen molar-refractivity contribution in [2.24, 2.45) is 0 Å². The molecule has 2 rings (SSSR count). The Balaban J connectivity index is 1.98. The first-order valence-electron chi connectivity index (χ1n) is 7.03. The van der Waals surface area contributed by atoms with Gasteiger partial charge in [0.2, 0.25) is 0 Å². The Morgan fingerprint density at radius 3 is 2.15 bits per heavy atom. The van der Waals surface area contributed by atoms with Crippen LogP contribution in [0.15, 0.2) is 47.4 Å². The summed E-state index contributed by atoms with van der Waals surface area (Å²) in [5.74, 6) is 0. The highest BCUT2D eigenvalue weighted by molar-refractivity contribution is 7.98. The van der Waals surface area contributed by atoms with E-state index >= 15 is 0 Å². The lowest BCUT2D eigenvalue weighted by Gasteiger charge is -2.15. The molecule has 2 aromatic carbocycles. The van der Waals surface area contributed by atoms with Crippen LogP contribution in [-0.2, 0) is 6.54 Å². The van der Waals surface area contributed by atoms with Gasteiger partial charge in [0, 0.05) is 17.5 Å². The lowest BCUT2D eigenvalue weighted by atomic mass is 10.1. The van der Waals surface area contributed by atoms with Crippen molar-refractivity contribution in [1.82, 2.24) is 5.32 Å². The first kappa shape index (κ1) is 15.1. The third-order valence-electron chi connectivity index (χ3n) is 3.51. The van der Waals surface area contributed by atoms with E-state index < -0.39 is 0 Å². The van der Waals surface area contributed by atoms with Crippen LogP contribution in [0, 0.1) is 13.8 Å². The molecule has 0 aromatic heterocycles. The Morgan fingerprint density at radius 1 is 1.00 bits per heavy atom. The highest BCUT2D eigenvalue weighted by atomic mass is 32.2. The quantitative estimate of drug-likeness (QED) is 0.786. The minimum Gasteiger partial charge on any atom is -0.306 e. The minimum absolute atomic E-state index is 0.367. The van der Waals surface area contributed by atoms with Crippen LogP contribution in [0.25, 0.3) is 0 Å². The van der Waals surface area contributed by atoms with Crippen LogP contribution in [0.3, 0.4) is 0 Å². The lowest BCUT2D eigenvalue weighted by molar-refractivity contribution is 0.574. The van der Waals surface area contributed by atoms with Gasteiger partial charge in [0.05, 0.1) is 0 Å². The molecule has 1 unspecified atom stereocenters. The number of nitrogens with one attached hydrogen (secondary N) is 1. The lowest BCUT2D eigenvalue weighted by Crippen LogP contribution is -2.18. The molecule has 0 aliphatic heterocycles. The van der Waals surface area contributed by atoms with E-state index in [1.54, 1.807) is 11.8 Å². The summed E-state index contributed by atoms with van der Waals surface area (Å²) in [7, 11) is 0. The smallest absolute Gasteiger partial charge is 0.0294 e. The summed E-state index contributed by atoms with van der Waals surface area (Å²) >= 11 is 1.78. The molecule has 20 heavy (non-hydrogen) atoms. The van der Waals surface area contributed by atoms with Crippen molar-refractivity contribution in [1.29, 1.82) is 0 Å². The number of hydrogen-bond acceptors (Lipinski definition) is 2. The maximum Gasteiger partial charge on any atom is 0.0294 e. The van der Waals surface area contributed by atoms with Crippen molar-refractivity contribution in [2.45, 2.75) is 38.3 Å². The SMILES string of the molecule is CSc1ccc(C(C)NCc2cc(C)cc(C)c2)cc1. The van der Waals surface area contributed by atoms with Gasteiger partial charge in [-0.3, -0.25) is 0 Å². The number of aryl methyl sites for hydroxylation is 2. The first-order chi connectivity index (χ1) is 9.58. The van der Waals surface area contributed by atoms with E-state index in [4.69, 9.17) is 0 Å². The van der Waals surface area contributed by atoms with E-state index in [0.717, 1.165) is 6.54 Å². The highest BCUT2D eigenvalue weighted by Gasteiger charge is 2.05. The van der Waals surface area contributed by atoms with Gasteiger partial charge in [-0.15, -0.1) is 11.8 Å². The fourth-order valence-corrected chi connectivity index (χ4v) is 2.86. The Labute approximate surface area is 126 Å². The van der Waals surface area contributed by atoms with Gasteiger partial charge in [-0.05, 0) is 50.3 Å². The van der Waals surface area contributed by atoms with Crippen LogP contribution in [0.2, 0.25) is 0 Å². The molecular formula is C18H23NS. The molecule has 1 N–H and O–H groups in total. The molecule has 0 bridgehead atoms. The van der Waals surface area contributed by atoms with Gasteiger partial charge in [-0.1, -0.05) is 41.5 Å². The van der Waals surface area contributed by atoms with Gasteiger partial charge in [0.15, 0.2) is 0 Å². The van der Waals surface area contributed by atoms with E-state index in [1.165, 1.54) is 27.1 Å². The second-order valence-corrected chi connectivity index (χ2v) is 6.25. The molecule has 106 valence electrons. The zero-order valence-corrected chi connectivity index (χ0v) is 13.6. The third-order valence-corrected chi connectivity index (χ3v) is 4.25. The minimum atomic E-state index is 0.367. The molecule has 1 atom stereocenters. The van der Waals surface area contributed by atoms with Crippen molar-refractivity contribution in [3.8, 4) is 0 Å². The van der Waals surface area contributed by atoms with E-state index in [2.05, 4.69) is 74.8 Å². The largest absolute Gasteiger partial charge is 0.306 e. The molecule has 0 saturated carbocycles.